The van der Waals surface area contributed by atoms with Gasteiger partial charge in [-0.1, -0.05) is 12.1 Å². The number of benzene rings is 1. The molecule has 23 heavy (non-hydrogen) atoms. The molecule has 8 heteroatoms. The maximum Gasteiger partial charge on any atom is 0.226 e. The van der Waals surface area contributed by atoms with Gasteiger partial charge >= 0.3 is 0 Å². The number of hydrogen-bond donors (Lipinski definition) is 3. The van der Waals surface area contributed by atoms with E-state index in [9.17, 15) is 9.18 Å². The lowest BCUT2D eigenvalue weighted by Gasteiger charge is -2.18. The van der Waals surface area contributed by atoms with E-state index in [-0.39, 0.29) is 23.7 Å². The van der Waals surface area contributed by atoms with E-state index >= 15 is 0 Å². The maximum atomic E-state index is 13.4. The molecule has 2 heterocycles. The molecule has 0 bridgehead atoms. The molecule has 1 saturated heterocycles. The normalized spacial score (nSPS) is 20.6. The first-order valence-electron chi connectivity index (χ1n) is 7.58. The molecule has 0 spiro atoms. The molecule has 2 atom stereocenters. The van der Waals surface area contributed by atoms with Gasteiger partial charge in [0, 0.05) is 19.6 Å². The van der Waals surface area contributed by atoms with Crippen molar-refractivity contribution in [1.82, 2.24) is 30.9 Å². The molecular weight excluding hydrogens is 299 g/mol. The third-order valence-corrected chi connectivity index (χ3v) is 3.89. The van der Waals surface area contributed by atoms with Gasteiger partial charge < -0.3 is 9.88 Å². The molecule has 7 nitrogen and oxygen atoms in total. The Bertz CT molecular complexity index is 647. The van der Waals surface area contributed by atoms with Crippen molar-refractivity contribution in [3.05, 3.63) is 48.3 Å². The Labute approximate surface area is 133 Å². The fourth-order valence-corrected chi connectivity index (χ4v) is 2.70. The molecule has 3 rings (SSSR count). The van der Waals surface area contributed by atoms with E-state index in [2.05, 4.69) is 26.4 Å². The van der Waals surface area contributed by atoms with E-state index in [4.69, 9.17) is 0 Å². The fourth-order valence-electron chi connectivity index (χ4n) is 2.70. The van der Waals surface area contributed by atoms with Crippen LogP contribution in [-0.2, 0) is 11.3 Å². The third kappa shape index (κ3) is 3.91. The Kier molecular flexibility index (Phi) is 4.94. The standard InChI is InChI=1S/C15H19FN6O/c16-12-4-1-3-11(7-12)14-13(8-18-21-14)15(23)17-5-2-6-22-9-19-20-10-22/h1,3-4,7,9-10,13-14,18,21H,2,5-6,8H2,(H,17,23). The first-order chi connectivity index (χ1) is 11.2. The number of nitrogens with one attached hydrogen (secondary N) is 3. The van der Waals surface area contributed by atoms with Gasteiger partial charge in [0.05, 0.1) is 12.0 Å². The van der Waals surface area contributed by atoms with Crippen molar-refractivity contribution in [2.75, 3.05) is 13.1 Å². The van der Waals surface area contributed by atoms with E-state index in [0.29, 0.717) is 13.1 Å². The second-order valence-corrected chi connectivity index (χ2v) is 5.51. The van der Waals surface area contributed by atoms with Crippen LogP contribution in [-0.4, -0.2) is 33.8 Å². The highest BCUT2D eigenvalue weighted by molar-refractivity contribution is 5.80. The van der Waals surface area contributed by atoms with Crippen LogP contribution in [0.1, 0.15) is 18.0 Å². The lowest BCUT2D eigenvalue weighted by Crippen LogP contribution is -2.35. The molecule has 1 amide bonds. The van der Waals surface area contributed by atoms with E-state index in [1.54, 1.807) is 18.7 Å². The van der Waals surface area contributed by atoms with Crippen molar-refractivity contribution in [3.8, 4) is 0 Å². The van der Waals surface area contributed by atoms with Gasteiger partial charge in [0.2, 0.25) is 5.91 Å². The zero-order valence-electron chi connectivity index (χ0n) is 12.6. The lowest BCUT2D eigenvalue weighted by atomic mass is 9.94. The summed E-state index contributed by atoms with van der Waals surface area (Å²) in [6.07, 6.45) is 4.08. The quantitative estimate of drug-likeness (QED) is 0.671. The summed E-state index contributed by atoms with van der Waals surface area (Å²) in [5, 5.41) is 10.4. The van der Waals surface area contributed by atoms with Crippen LogP contribution in [0.15, 0.2) is 36.9 Å². The average Bonchev–Trinajstić information content (AvgIpc) is 3.22. The molecule has 0 aliphatic carbocycles. The van der Waals surface area contributed by atoms with Gasteiger partial charge in [0.1, 0.15) is 18.5 Å². The zero-order valence-corrected chi connectivity index (χ0v) is 12.6. The molecule has 1 fully saturated rings. The van der Waals surface area contributed by atoms with Gasteiger partial charge in [-0.05, 0) is 24.1 Å². The number of hydrogen-bond acceptors (Lipinski definition) is 5. The van der Waals surface area contributed by atoms with Crippen molar-refractivity contribution in [3.63, 3.8) is 0 Å². The van der Waals surface area contributed by atoms with Crippen molar-refractivity contribution in [1.29, 1.82) is 0 Å². The molecule has 1 aliphatic rings. The zero-order chi connectivity index (χ0) is 16.1. The topological polar surface area (TPSA) is 83.9 Å². The second-order valence-electron chi connectivity index (χ2n) is 5.51. The number of halogens is 1. The van der Waals surface area contributed by atoms with Gasteiger partial charge in [0.25, 0.3) is 0 Å². The fraction of sp³-hybridized carbons (Fsp3) is 0.400. The predicted octanol–water partition coefficient (Wildman–Crippen LogP) is 0.389. The van der Waals surface area contributed by atoms with Gasteiger partial charge in [-0.15, -0.1) is 10.2 Å². The number of nitrogens with zero attached hydrogens (tertiary/aromatic N) is 3. The van der Waals surface area contributed by atoms with E-state index in [1.165, 1.54) is 12.1 Å². The minimum atomic E-state index is -0.302. The summed E-state index contributed by atoms with van der Waals surface area (Å²) >= 11 is 0. The lowest BCUT2D eigenvalue weighted by molar-refractivity contribution is -0.124. The Morgan fingerprint density at radius 1 is 1.39 bits per heavy atom. The van der Waals surface area contributed by atoms with Crippen molar-refractivity contribution in [2.45, 2.75) is 19.0 Å². The van der Waals surface area contributed by atoms with Crippen molar-refractivity contribution in [2.24, 2.45) is 5.92 Å². The Morgan fingerprint density at radius 3 is 3.00 bits per heavy atom. The minimum Gasteiger partial charge on any atom is -0.356 e. The van der Waals surface area contributed by atoms with Crippen LogP contribution in [0.5, 0.6) is 0 Å². The molecule has 2 aromatic rings. The second kappa shape index (κ2) is 7.30. The highest BCUT2D eigenvalue weighted by atomic mass is 19.1. The number of amides is 1. The summed E-state index contributed by atoms with van der Waals surface area (Å²) < 4.78 is 15.2. The van der Waals surface area contributed by atoms with Crippen LogP contribution >= 0.6 is 0 Å². The summed E-state index contributed by atoms with van der Waals surface area (Å²) in [6, 6.07) is 6.09. The first-order valence-corrected chi connectivity index (χ1v) is 7.58. The SMILES string of the molecule is O=C(NCCCn1cnnc1)C1CNNC1c1cccc(F)c1. The largest absolute Gasteiger partial charge is 0.356 e. The van der Waals surface area contributed by atoms with Gasteiger partial charge in [-0.3, -0.25) is 10.2 Å². The Morgan fingerprint density at radius 2 is 2.22 bits per heavy atom. The van der Waals surface area contributed by atoms with E-state index in [1.807, 2.05) is 10.6 Å². The molecule has 0 radical (unpaired) electrons. The molecule has 1 aromatic carbocycles. The van der Waals surface area contributed by atoms with Crippen LogP contribution in [0.2, 0.25) is 0 Å². The summed E-state index contributed by atoms with van der Waals surface area (Å²) in [5.74, 6) is -0.614. The molecule has 3 N–H and O–H groups in total. The molecule has 1 aromatic heterocycles. The summed E-state index contributed by atoms with van der Waals surface area (Å²) in [7, 11) is 0. The molecule has 0 saturated carbocycles. The average molecular weight is 318 g/mol. The summed E-state index contributed by atoms with van der Waals surface area (Å²) in [5.41, 5.74) is 6.79. The van der Waals surface area contributed by atoms with Gasteiger partial charge in [0.15, 0.2) is 0 Å². The molecule has 1 aliphatic heterocycles. The Hall–Kier alpha value is -2.32. The molecule has 122 valence electrons. The monoisotopic (exact) mass is 318 g/mol. The van der Waals surface area contributed by atoms with Crippen LogP contribution in [0, 0.1) is 11.7 Å². The van der Waals surface area contributed by atoms with Crippen molar-refractivity contribution < 1.29 is 9.18 Å². The number of hydrazine groups is 1. The van der Waals surface area contributed by atoms with Crippen molar-refractivity contribution >= 4 is 5.91 Å². The number of carbonyl (C=O) groups is 1. The smallest absolute Gasteiger partial charge is 0.226 e. The third-order valence-electron chi connectivity index (χ3n) is 3.89. The van der Waals surface area contributed by atoms with Crippen LogP contribution in [0.25, 0.3) is 0 Å². The highest BCUT2D eigenvalue weighted by Gasteiger charge is 2.33. The number of carbonyl (C=O) groups excluding carboxylic acids is 1. The number of aromatic nitrogens is 3. The van der Waals surface area contributed by atoms with Gasteiger partial charge in [-0.2, -0.15) is 0 Å². The van der Waals surface area contributed by atoms with E-state index in [0.717, 1.165) is 18.5 Å². The Balaban J connectivity index is 1.51. The van der Waals surface area contributed by atoms with Crippen LogP contribution in [0.3, 0.4) is 0 Å². The minimum absolute atomic E-state index is 0.0412. The van der Waals surface area contributed by atoms with Gasteiger partial charge in [-0.25, -0.2) is 9.82 Å². The predicted molar refractivity (Wildman–Crippen MR) is 81.4 cm³/mol. The molecule has 2 unspecified atom stereocenters. The summed E-state index contributed by atoms with van der Waals surface area (Å²) in [6.45, 7) is 1.84. The first kappa shape index (κ1) is 15.6. The van der Waals surface area contributed by atoms with Crippen LogP contribution in [0.4, 0.5) is 4.39 Å². The van der Waals surface area contributed by atoms with E-state index < -0.39 is 0 Å². The highest BCUT2D eigenvalue weighted by Crippen LogP contribution is 2.25. The number of rotatable bonds is 6. The summed E-state index contributed by atoms with van der Waals surface area (Å²) in [4.78, 5) is 12.4. The van der Waals surface area contributed by atoms with Crippen LogP contribution < -0.4 is 16.2 Å². The maximum absolute atomic E-state index is 13.4. The number of aryl methyl sites for hydroxylation is 1. The molecular formula is C15H19FN6O.